The molecule has 3 unspecified atom stereocenters. The van der Waals surface area contributed by atoms with E-state index in [0.29, 0.717) is 17.8 Å². The molecule has 0 heterocycles. The number of hydrogen-bond acceptors (Lipinski definition) is 0. The van der Waals surface area contributed by atoms with E-state index in [9.17, 15) is 0 Å². The van der Waals surface area contributed by atoms with Crippen molar-refractivity contribution in [2.75, 3.05) is 0 Å². The Morgan fingerprint density at radius 1 is 0.441 bits per heavy atom. The van der Waals surface area contributed by atoms with Crippen LogP contribution < -0.4 is 0 Å². The molecule has 0 saturated heterocycles. The molecule has 0 aromatic heterocycles. The van der Waals surface area contributed by atoms with Crippen molar-refractivity contribution in [2.45, 2.75) is 63.2 Å². The lowest BCUT2D eigenvalue weighted by Gasteiger charge is -2.28. The zero-order valence-electron chi connectivity index (χ0n) is 20.5. The van der Waals surface area contributed by atoms with Gasteiger partial charge in [-0.2, -0.15) is 0 Å². The molecule has 4 aromatic rings. The molecule has 0 heteroatoms. The SMILES string of the molecule is CCCC(CC(CC(CCc1ccccc1)c1ccccc1)c1ccccc1)c1ccccc1. The minimum absolute atomic E-state index is 0.541. The topological polar surface area (TPSA) is 0 Å². The summed E-state index contributed by atoms with van der Waals surface area (Å²) in [5.74, 6) is 1.69. The van der Waals surface area contributed by atoms with Crippen LogP contribution in [0.2, 0.25) is 0 Å². The van der Waals surface area contributed by atoms with Crippen LogP contribution in [0.5, 0.6) is 0 Å². The van der Waals surface area contributed by atoms with E-state index >= 15 is 0 Å². The van der Waals surface area contributed by atoms with E-state index in [2.05, 4.69) is 128 Å². The summed E-state index contributed by atoms with van der Waals surface area (Å²) in [5.41, 5.74) is 5.89. The molecule has 0 bridgehead atoms. The van der Waals surface area contributed by atoms with Crippen molar-refractivity contribution in [1.82, 2.24) is 0 Å². The Balaban J connectivity index is 1.60. The van der Waals surface area contributed by atoms with Gasteiger partial charge in [0, 0.05) is 0 Å². The summed E-state index contributed by atoms with van der Waals surface area (Å²) in [6.45, 7) is 2.32. The molecule has 34 heavy (non-hydrogen) atoms. The van der Waals surface area contributed by atoms with Gasteiger partial charge in [-0.05, 0) is 72.1 Å². The summed E-state index contributed by atoms with van der Waals surface area (Å²) < 4.78 is 0. The maximum Gasteiger partial charge on any atom is -0.0150 e. The van der Waals surface area contributed by atoms with Crippen molar-refractivity contribution in [3.8, 4) is 0 Å². The molecule has 0 nitrogen and oxygen atoms in total. The molecule has 0 fully saturated rings. The normalized spacial score (nSPS) is 13.8. The van der Waals surface area contributed by atoms with Crippen LogP contribution in [0.3, 0.4) is 0 Å². The first-order valence-electron chi connectivity index (χ1n) is 13.0. The summed E-state index contributed by atoms with van der Waals surface area (Å²) >= 11 is 0. The zero-order valence-corrected chi connectivity index (χ0v) is 20.5. The van der Waals surface area contributed by atoms with Crippen LogP contribution in [0.1, 0.15) is 79.0 Å². The Kier molecular flexibility index (Phi) is 9.14. The second kappa shape index (κ2) is 12.9. The van der Waals surface area contributed by atoms with Gasteiger partial charge in [-0.3, -0.25) is 0 Å². The smallest absolute Gasteiger partial charge is 0.0150 e. The van der Waals surface area contributed by atoms with Gasteiger partial charge in [0.05, 0.1) is 0 Å². The van der Waals surface area contributed by atoms with Gasteiger partial charge in [-0.25, -0.2) is 0 Å². The molecule has 4 rings (SSSR count). The molecule has 0 spiro atoms. The van der Waals surface area contributed by atoms with Crippen LogP contribution in [-0.2, 0) is 6.42 Å². The highest BCUT2D eigenvalue weighted by Gasteiger charge is 2.24. The van der Waals surface area contributed by atoms with E-state index in [4.69, 9.17) is 0 Å². The first-order valence-corrected chi connectivity index (χ1v) is 13.0. The van der Waals surface area contributed by atoms with Gasteiger partial charge in [-0.15, -0.1) is 0 Å². The van der Waals surface area contributed by atoms with Crippen LogP contribution in [0, 0.1) is 0 Å². The lowest BCUT2D eigenvalue weighted by atomic mass is 9.76. The van der Waals surface area contributed by atoms with Gasteiger partial charge < -0.3 is 0 Å². The first-order chi connectivity index (χ1) is 16.8. The van der Waals surface area contributed by atoms with Crippen LogP contribution in [0.25, 0.3) is 0 Å². The molecule has 174 valence electrons. The van der Waals surface area contributed by atoms with E-state index in [1.165, 1.54) is 54.4 Å². The molecule has 3 atom stereocenters. The molecule has 0 amide bonds. The summed E-state index contributed by atoms with van der Waals surface area (Å²) in [4.78, 5) is 0. The highest BCUT2D eigenvalue weighted by atomic mass is 14.3. The van der Waals surface area contributed by atoms with E-state index < -0.39 is 0 Å². The summed E-state index contributed by atoms with van der Waals surface area (Å²) in [6, 6.07) is 44.6. The highest BCUT2D eigenvalue weighted by Crippen LogP contribution is 2.40. The molecule has 4 aromatic carbocycles. The second-order valence-corrected chi connectivity index (χ2v) is 9.61. The zero-order chi connectivity index (χ0) is 23.4. The van der Waals surface area contributed by atoms with E-state index in [1.54, 1.807) is 0 Å². The van der Waals surface area contributed by atoms with Crippen molar-refractivity contribution >= 4 is 0 Å². The van der Waals surface area contributed by atoms with Gasteiger partial charge in [0.15, 0.2) is 0 Å². The molecule has 0 aliphatic heterocycles. The van der Waals surface area contributed by atoms with Gasteiger partial charge in [0.2, 0.25) is 0 Å². The molecule has 0 saturated carbocycles. The standard InChI is InChI=1S/C34H38/c1-2-15-32(29-18-9-4-10-19-29)26-34(31-22-13-6-14-23-31)27-33(30-20-11-5-12-21-30)25-24-28-16-7-3-8-17-28/h3-14,16-23,32-34H,2,15,24-27H2,1H3. The number of hydrogen-bond donors (Lipinski definition) is 0. The average Bonchev–Trinajstić information content (AvgIpc) is 2.92. The maximum absolute atomic E-state index is 2.35. The Morgan fingerprint density at radius 3 is 1.26 bits per heavy atom. The van der Waals surface area contributed by atoms with Crippen molar-refractivity contribution < 1.29 is 0 Å². The van der Waals surface area contributed by atoms with E-state index in [1.807, 2.05) is 0 Å². The molecular formula is C34H38. The Bertz CT molecular complexity index is 1050. The van der Waals surface area contributed by atoms with Crippen LogP contribution in [0.4, 0.5) is 0 Å². The Hall–Kier alpha value is -3.12. The second-order valence-electron chi connectivity index (χ2n) is 9.61. The van der Waals surface area contributed by atoms with Crippen molar-refractivity contribution in [3.63, 3.8) is 0 Å². The Labute approximate surface area is 206 Å². The van der Waals surface area contributed by atoms with Gasteiger partial charge in [0.25, 0.3) is 0 Å². The molecule has 0 aliphatic carbocycles. The molecule has 0 radical (unpaired) electrons. The first kappa shape index (κ1) is 24.0. The fourth-order valence-electron chi connectivity index (χ4n) is 5.41. The minimum Gasteiger partial charge on any atom is -0.0654 e. The van der Waals surface area contributed by atoms with Gasteiger partial charge >= 0.3 is 0 Å². The third kappa shape index (κ3) is 6.94. The highest BCUT2D eigenvalue weighted by molar-refractivity contribution is 5.27. The predicted octanol–water partition coefficient (Wildman–Crippen LogP) is 9.55. The van der Waals surface area contributed by atoms with Gasteiger partial charge in [0.1, 0.15) is 0 Å². The summed E-state index contributed by atoms with van der Waals surface area (Å²) in [7, 11) is 0. The maximum atomic E-state index is 2.35. The quantitative estimate of drug-likeness (QED) is 0.203. The fourth-order valence-corrected chi connectivity index (χ4v) is 5.41. The van der Waals surface area contributed by atoms with Crippen LogP contribution in [0.15, 0.2) is 121 Å². The summed E-state index contributed by atoms with van der Waals surface area (Å²) in [5, 5.41) is 0. The fraction of sp³-hybridized carbons (Fsp3) is 0.294. The third-order valence-electron chi connectivity index (χ3n) is 7.21. The third-order valence-corrected chi connectivity index (χ3v) is 7.21. The molecule has 0 aliphatic rings. The van der Waals surface area contributed by atoms with Crippen LogP contribution in [-0.4, -0.2) is 0 Å². The van der Waals surface area contributed by atoms with Gasteiger partial charge in [-0.1, -0.05) is 135 Å². The number of rotatable bonds is 12. The molecular weight excluding hydrogens is 408 g/mol. The average molecular weight is 447 g/mol. The number of benzene rings is 4. The van der Waals surface area contributed by atoms with Crippen molar-refractivity contribution in [2.24, 2.45) is 0 Å². The largest absolute Gasteiger partial charge is 0.0654 e. The van der Waals surface area contributed by atoms with Crippen molar-refractivity contribution in [3.05, 3.63) is 144 Å². The number of aryl methyl sites for hydroxylation is 1. The van der Waals surface area contributed by atoms with E-state index in [-0.39, 0.29) is 0 Å². The lowest BCUT2D eigenvalue weighted by molar-refractivity contribution is 0.435. The molecule has 0 N–H and O–H groups in total. The van der Waals surface area contributed by atoms with Crippen LogP contribution >= 0.6 is 0 Å². The lowest BCUT2D eigenvalue weighted by Crippen LogP contribution is -2.12. The summed E-state index contributed by atoms with van der Waals surface area (Å²) in [6.07, 6.45) is 7.16. The monoisotopic (exact) mass is 446 g/mol. The predicted molar refractivity (Wildman–Crippen MR) is 146 cm³/mol. The Morgan fingerprint density at radius 2 is 0.824 bits per heavy atom. The van der Waals surface area contributed by atoms with Crippen molar-refractivity contribution in [1.29, 1.82) is 0 Å². The minimum atomic E-state index is 0.541. The van der Waals surface area contributed by atoms with E-state index in [0.717, 1.165) is 6.42 Å².